The zero-order valence-corrected chi connectivity index (χ0v) is 17.3. The third-order valence-corrected chi connectivity index (χ3v) is 4.62. The standard InChI is InChI=1S/C23H25N5O2/c1-5-17(10-8-15(2)3)28-22(29)19-13-16(14-24)9-11-18(19)21(26-28)25-20-7-6-12-27(4)23(20)30/h5-13H,1,14,24H2,2-4H3,(H,25,26)/b17-10+. The van der Waals surface area contributed by atoms with Crippen molar-refractivity contribution in [1.82, 2.24) is 14.3 Å². The van der Waals surface area contributed by atoms with E-state index in [0.717, 1.165) is 11.1 Å². The van der Waals surface area contributed by atoms with Crippen LogP contribution in [0.4, 0.5) is 11.5 Å². The molecule has 0 unspecified atom stereocenters. The van der Waals surface area contributed by atoms with Gasteiger partial charge in [0, 0.05) is 25.2 Å². The Bertz CT molecular complexity index is 1290. The van der Waals surface area contributed by atoms with Gasteiger partial charge in [0.2, 0.25) is 0 Å². The molecule has 0 spiro atoms. The molecule has 7 nitrogen and oxygen atoms in total. The Morgan fingerprint density at radius 3 is 2.60 bits per heavy atom. The number of nitrogens with one attached hydrogen (secondary N) is 1. The van der Waals surface area contributed by atoms with Crippen LogP contribution in [0.1, 0.15) is 19.4 Å². The summed E-state index contributed by atoms with van der Waals surface area (Å²) in [5, 5.41) is 8.66. The summed E-state index contributed by atoms with van der Waals surface area (Å²) in [5.74, 6) is 0.390. The van der Waals surface area contributed by atoms with E-state index in [-0.39, 0.29) is 11.1 Å². The molecule has 0 bridgehead atoms. The van der Waals surface area contributed by atoms with Gasteiger partial charge in [-0.15, -0.1) is 5.10 Å². The fourth-order valence-electron chi connectivity index (χ4n) is 2.98. The minimum atomic E-state index is -0.292. The zero-order valence-electron chi connectivity index (χ0n) is 17.3. The molecule has 0 atom stereocenters. The van der Waals surface area contributed by atoms with Crippen LogP contribution < -0.4 is 22.2 Å². The van der Waals surface area contributed by atoms with Crippen LogP contribution >= 0.6 is 0 Å². The fourth-order valence-corrected chi connectivity index (χ4v) is 2.98. The van der Waals surface area contributed by atoms with Crippen LogP contribution in [-0.4, -0.2) is 14.3 Å². The molecular weight excluding hydrogens is 378 g/mol. The Balaban J connectivity index is 2.31. The van der Waals surface area contributed by atoms with Crippen molar-refractivity contribution in [2.24, 2.45) is 12.8 Å². The highest BCUT2D eigenvalue weighted by atomic mass is 16.1. The first-order chi connectivity index (χ1) is 14.3. The van der Waals surface area contributed by atoms with E-state index in [0.29, 0.717) is 34.5 Å². The number of aryl methyl sites for hydroxylation is 1. The third kappa shape index (κ3) is 4.16. The quantitative estimate of drug-likeness (QED) is 0.616. The smallest absolute Gasteiger partial charge is 0.279 e. The van der Waals surface area contributed by atoms with Crippen molar-refractivity contribution in [2.75, 3.05) is 5.32 Å². The Morgan fingerprint density at radius 1 is 1.17 bits per heavy atom. The number of allylic oxidation sites excluding steroid dienone is 5. The molecule has 0 aliphatic heterocycles. The highest BCUT2D eigenvalue weighted by Crippen LogP contribution is 2.23. The molecule has 0 radical (unpaired) electrons. The molecule has 2 heterocycles. The number of hydrogen-bond donors (Lipinski definition) is 2. The van der Waals surface area contributed by atoms with E-state index in [2.05, 4.69) is 17.0 Å². The molecule has 1 aromatic carbocycles. The van der Waals surface area contributed by atoms with Gasteiger partial charge >= 0.3 is 0 Å². The van der Waals surface area contributed by atoms with Gasteiger partial charge in [-0.1, -0.05) is 30.4 Å². The summed E-state index contributed by atoms with van der Waals surface area (Å²) in [7, 11) is 1.67. The first kappa shape index (κ1) is 21.0. The molecule has 3 aromatic rings. The maximum Gasteiger partial charge on any atom is 0.279 e. The SMILES string of the molecule is C=C/C(=C\C=C(C)C)n1nc(Nc2cccn(C)c2=O)c2ccc(CN)cc2c1=O. The molecule has 7 heteroatoms. The van der Waals surface area contributed by atoms with E-state index in [4.69, 9.17) is 5.73 Å². The van der Waals surface area contributed by atoms with E-state index >= 15 is 0 Å². The molecule has 0 aliphatic carbocycles. The number of fused-ring (bicyclic) bond motifs is 1. The van der Waals surface area contributed by atoms with Crippen molar-refractivity contribution in [1.29, 1.82) is 0 Å². The van der Waals surface area contributed by atoms with Crippen molar-refractivity contribution < 1.29 is 0 Å². The molecule has 0 amide bonds. The lowest BCUT2D eigenvalue weighted by Gasteiger charge is -2.14. The Kier molecular flexibility index (Phi) is 6.13. The van der Waals surface area contributed by atoms with Crippen molar-refractivity contribution in [2.45, 2.75) is 20.4 Å². The average Bonchev–Trinajstić information content (AvgIpc) is 2.74. The molecule has 30 heavy (non-hydrogen) atoms. The van der Waals surface area contributed by atoms with Gasteiger partial charge in [-0.25, -0.2) is 0 Å². The Morgan fingerprint density at radius 2 is 1.93 bits per heavy atom. The normalized spacial score (nSPS) is 11.4. The maximum absolute atomic E-state index is 13.2. The topological polar surface area (TPSA) is 94.9 Å². The van der Waals surface area contributed by atoms with Gasteiger partial charge in [-0.05, 0) is 49.8 Å². The second kappa shape index (κ2) is 8.75. The lowest BCUT2D eigenvalue weighted by molar-refractivity contribution is 0.846. The molecule has 0 saturated carbocycles. The summed E-state index contributed by atoms with van der Waals surface area (Å²) in [5.41, 5.74) is 8.05. The lowest BCUT2D eigenvalue weighted by Crippen LogP contribution is -2.24. The first-order valence-electron chi connectivity index (χ1n) is 9.52. The van der Waals surface area contributed by atoms with Crippen molar-refractivity contribution in [3.05, 3.63) is 93.2 Å². The molecule has 3 N–H and O–H groups in total. The molecular formula is C23H25N5O2. The molecule has 0 saturated heterocycles. The average molecular weight is 403 g/mol. The number of nitrogens with two attached hydrogens (primary N) is 1. The first-order valence-corrected chi connectivity index (χ1v) is 9.52. The molecule has 154 valence electrons. The van der Waals surface area contributed by atoms with Crippen LogP contribution in [0, 0.1) is 0 Å². The van der Waals surface area contributed by atoms with Crippen LogP contribution in [0.3, 0.4) is 0 Å². The second-order valence-electron chi connectivity index (χ2n) is 7.15. The van der Waals surface area contributed by atoms with Gasteiger partial charge in [-0.3, -0.25) is 9.59 Å². The molecule has 2 aromatic heterocycles. The van der Waals surface area contributed by atoms with Gasteiger partial charge < -0.3 is 15.6 Å². The van der Waals surface area contributed by atoms with E-state index in [9.17, 15) is 9.59 Å². The second-order valence-corrected chi connectivity index (χ2v) is 7.15. The lowest BCUT2D eigenvalue weighted by atomic mass is 10.1. The minimum Gasteiger partial charge on any atom is -0.334 e. The highest BCUT2D eigenvalue weighted by Gasteiger charge is 2.14. The number of anilines is 2. The summed E-state index contributed by atoms with van der Waals surface area (Å²) in [6.07, 6.45) is 6.90. The van der Waals surface area contributed by atoms with E-state index < -0.39 is 0 Å². The third-order valence-electron chi connectivity index (χ3n) is 4.62. The predicted molar refractivity (Wildman–Crippen MR) is 123 cm³/mol. The maximum atomic E-state index is 13.2. The number of benzene rings is 1. The predicted octanol–water partition coefficient (Wildman–Crippen LogP) is 3.29. The van der Waals surface area contributed by atoms with Crippen LogP contribution in [0.25, 0.3) is 16.5 Å². The van der Waals surface area contributed by atoms with Crippen LogP contribution in [0.2, 0.25) is 0 Å². The summed E-state index contributed by atoms with van der Waals surface area (Å²) in [6.45, 7) is 8.04. The monoisotopic (exact) mass is 403 g/mol. The Hall–Kier alpha value is -3.71. The fraction of sp³-hybridized carbons (Fsp3) is 0.174. The Labute approximate surface area is 174 Å². The van der Waals surface area contributed by atoms with Crippen molar-refractivity contribution in [3.63, 3.8) is 0 Å². The van der Waals surface area contributed by atoms with E-state index in [1.54, 1.807) is 49.7 Å². The minimum absolute atomic E-state index is 0.201. The van der Waals surface area contributed by atoms with E-state index in [1.165, 1.54) is 9.25 Å². The van der Waals surface area contributed by atoms with Gasteiger partial charge in [0.1, 0.15) is 5.69 Å². The van der Waals surface area contributed by atoms with Gasteiger partial charge in [0.15, 0.2) is 5.82 Å². The molecule has 3 rings (SSSR count). The van der Waals surface area contributed by atoms with E-state index in [1.807, 2.05) is 26.0 Å². The largest absolute Gasteiger partial charge is 0.334 e. The van der Waals surface area contributed by atoms with Crippen molar-refractivity contribution >= 4 is 28.0 Å². The molecule has 0 fully saturated rings. The van der Waals surface area contributed by atoms with Crippen molar-refractivity contribution in [3.8, 4) is 0 Å². The summed E-state index contributed by atoms with van der Waals surface area (Å²) >= 11 is 0. The molecule has 0 aliphatic rings. The highest BCUT2D eigenvalue weighted by molar-refractivity contribution is 5.93. The van der Waals surface area contributed by atoms with Crippen LogP contribution in [0.15, 0.2) is 76.5 Å². The number of rotatable bonds is 6. The number of pyridine rings is 1. The van der Waals surface area contributed by atoms with Crippen LogP contribution in [0.5, 0.6) is 0 Å². The van der Waals surface area contributed by atoms with Crippen LogP contribution in [-0.2, 0) is 13.6 Å². The number of hydrogen-bond acceptors (Lipinski definition) is 5. The summed E-state index contributed by atoms with van der Waals surface area (Å²) in [4.78, 5) is 25.7. The van der Waals surface area contributed by atoms with Gasteiger partial charge in [0.25, 0.3) is 11.1 Å². The number of nitrogens with zero attached hydrogens (tertiary/aromatic N) is 3. The zero-order chi connectivity index (χ0) is 21.8. The number of aromatic nitrogens is 3. The summed E-state index contributed by atoms with van der Waals surface area (Å²) < 4.78 is 2.75. The van der Waals surface area contributed by atoms with Gasteiger partial charge in [-0.2, -0.15) is 4.68 Å². The van der Waals surface area contributed by atoms with Gasteiger partial charge in [0.05, 0.1) is 11.1 Å². The summed E-state index contributed by atoms with van der Waals surface area (Å²) in [6, 6.07) is 8.83.